The zero-order valence-electron chi connectivity index (χ0n) is 16.7. The van der Waals surface area contributed by atoms with E-state index >= 15 is 0 Å². The Balaban J connectivity index is 1.91. The van der Waals surface area contributed by atoms with Gasteiger partial charge >= 0.3 is 0 Å². The average molecular weight is 409 g/mol. The lowest BCUT2D eigenvalue weighted by Crippen LogP contribution is -2.31. The summed E-state index contributed by atoms with van der Waals surface area (Å²) in [5.41, 5.74) is 3.68. The smallest absolute Gasteiger partial charge is 0.273 e. The molecule has 2 heterocycles. The number of aryl methyl sites for hydroxylation is 1. The number of phenolic OH excluding ortho intramolecular Hbond substituents is 2. The van der Waals surface area contributed by atoms with Crippen LogP contribution in [-0.2, 0) is 0 Å². The summed E-state index contributed by atoms with van der Waals surface area (Å²) in [6, 6.07) is 9.64. The molecule has 1 aliphatic rings. The van der Waals surface area contributed by atoms with Gasteiger partial charge in [0.25, 0.3) is 5.91 Å². The first kappa shape index (κ1) is 19.8. The molecule has 1 atom stereocenters. The van der Waals surface area contributed by atoms with Gasteiger partial charge in [0.2, 0.25) is 0 Å². The number of aliphatic hydroxyl groups excluding tert-OH is 1. The van der Waals surface area contributed by atoms with Crippen LogP contribution < -0.4 is 4.74 Å². The first-order valence-corrected chi connectivity index (χ1v) is 9.63. The van der Waals surface area contributed by atoms with Gasteiger partial charge in [-0.2, -0.15) is 5.10 Å². The summed E-state index contributed by atoms with van der Waals surface area (Å²) in [6.07, 6.45) is 0.417. The summed E-state index contributed by atoms with van der Waals surface area (Å²) in [4.78, 5) is 14.8. The van der Waals surface area contributed by atoms with Gasteiger partial charge in [-0.05, 0) is 43.2 Å². The van der Waals surface area contributed by atoms with E-state index in [1.54, 1.807) is 29.2 Å². The van der Waals surface area contributed by atoms with Crippen LogP contribution in [0.25, 0.3) is 11.3 Å². The van der Waals surface area contributed by atoms with Crippen molar-refractivity contribution in [2.75, 3.05) is 20.3 Å². The number of fused-ring (bicyclic) bond motifs is 1. The number of hydrogen-bond acceptors (Lipinski definition) is 6. The number of benzene rings is 2. The number of nitrogens with zero attached hydrogens (tertiary/aromatic N) is 2. The van der Waals surface area contributed by atoms with Crippen LogP contribution in [0.1, 0.15) is 39.6 Å². The third kappa shape index (κ3) is 3.15. The third-order valence-corrected chi connectivity index (χ3v) is 5.35. The van der Waals surface area contributed by atoms with E-state index in [1.165, 1.54) is 13.2 Å². The SMILES string of the molecule is COc1cc([C@@H]2c3c(-c4cc(C)ccc4O)n[nH]c3C(=O)N2CCCO)ccc1O. The molecule has 0 saturated carbocycles. The van der Waals surface area contributed by atoms with E-state index in [1.807, 2.05) is 13.0 Å². The zero-order valence-corrected chi connectivity index (χ0v) is 16.7. The largest absolute Gasteiger partial charge is 0.507 e. The van der Waals surface area contributed by atoms with Gasteiger partial charge in [0, 0.05) is 24.3 Å². The molecule has 3 aromatic rings. The number of aliphatic hydroxyl groups is 1. The van der Waals surface area contributed by atoms with E-state index in [0.717, 1.165) is 11.1 Å². The predicted octanol–water partition coefficient (Wildman–Crippen LogP) is 2.73. The van der Waals surface area contributed by atoms with Gasteiger partial charge in [-0.3, -0.25) is 9.89 Å². The summed E-state index contributed by atoms with van der Waals surface area (Å²) in [6.45, 7) is 2.20. The molecule has 0 saturated heterocycles. The Morgan fingerprint density at radius 2 is 1.93 bits per heavy atom. The molecule has 4 N–H and O–H groups in total. The number of carbonyl (C=O) groups is 1. The van der Waals surface area contributed by atoms with Crippen LogP contribution in [-0.4, -0.2) is 56.6 Å². The van der Waals surface area contributed by atoms with Crippen molar-refractivity contribution in [3.63, 3.8) is 0 Å². The topological polar surface area (TPSA) is 119 Å². The summed E-state index contributed by atoms with van der Waals surface area (Å²) in [7, 11) is 1.46. The molecule has 1 aliphatic heterocycles. The van der Waals surface area contributed by atoms with Crippen LogP contribution in [0.15, 0.2) is 36.4 Å². The highest BCUT2D eigenvalue weighted by molar-refractivity contribution is 6.00. The number of aromatic amines is 1. The first-order valence-electron chi connectivity index (χ1n) is 9.63. The number of carbonyl (C=O) groups excluding carboxylic acids is 1. The van der Waals surface area contributed by atoms with Crippen molar-refractivity contribution in [3.8, 4) is 28.5 Å². The molecule has 0 aliphatic carbocycles. The van der Waals surface area contributed by atoms with Gasteiger partial charge in [-0.15, -0.1) is 0 Å². The van der Waals surface area contributed by atoms with E-state index in [0.29, 0.717) is 41.2 Å². The first-order chi connectivity index (χ1) is 14.5. The van der Waals surface area contributed by atoms with E-state index in [2.05, 4.69) is 10.2 Å². The summed E-state index contributed by atoms with van der Waals surface area (Å²) >= 11 is 0. The van der Waals surface area contributed by atoms with Crippen molar-refractivity contribution < 1.29 is 24.9 Å². The number of ether oxygens (including phenoxy) is 1. The number of rotatable bonds is 6. The molecule has 4 rings (SSSR count). The molecule has 8 heteroatoms. The highest BCUT2D eigenvalue weighted by Crippen LogP contribution is 2.45. The Hall–Kier alpha value is -3.52. The lowest BCUT2D eigenvalue weighted by molar-refractivity contribution is 0.0732. The Morgan fingerprint density at radius 1 is 1.17 bits per heavy atom. The molecular formula is C22H23N3O5. The van der Waals surface area contributed by atoms with E-state index in [4.69, 9.17) is 4.74 Å². The molecule has 0 unspecified atom stereocenters. The fourth-order valence-electron chi connectivity index (χ4n) is 3.92. The predicted molar refractivity (Wildman–Crippen MR) is 110 cm³/mol. The Bertz CT molecular complexity index is 1110. The van der Waals surface area contributed by atoms with Gasteiger partial charge in [0.05, 0.1) is 13.2 Å². The molecule has 2 aromatic carbocycles. The minimum atomic E-state index is -0.512. The highest BCUT2D eigenvalue weighted by atomic mass is 16.5. The van der Waals surface area contributed by atoms with Gasteiger partial charge in [-0.25, -0.2) is 0 Å². The number of amides is 1. The van der Waals surface area contributed by atoms with Crippen molar-refractivity contribution >= 4 is 5.91 Å². The minimum absolute atomic E-state index is 0.00329. The molecule has 8 nitrogen and oxygen atoms in total. The Labute approximate surface area is 173 Å². The second-order valence-electron chi connectivity index (χ2n) is 7.29. The van der Waals surface area contributed by atoms with Crippen LogP contribution in [0.4, 0.5) is 0 Å². The molecular weight excluding hydrogens is 386 g/mol. The fourth-order valence-corrected chi connectivity index (χ4v) is 3.92. The fraction of sp³-hybridized carbons (Fsp3) is 0.273. The zero-order chi connectivity index (χ0) is 21.4. The average Bonchev–Trinajstić information content (AvgIpc) is 3.28. The number of aromatic nitrogens is 2. The quantitative estimate of drug-likeness (QED) is 0.497. The van der Waals surface area contributed by atoms with Gasteiger partial charge in [0.1, 0.15) is 17.1 Å². The third-order valence-electron chi connectivity index (χ3n) is 5.35. The lowest BCUT2D eigenvalue weighted by atomic mass is 9.94. The van der Waals surface area contributed by atoms with Gasteiger partial charge < -0.3 is 25.0 Å². The van der Waals surface area contributed by atoms with E-state index in [9.17, 15) is 20.1 Å². The maximum absolute atomic E-state index is 13.1. The van der Waals surface area contributed by atoms with Crippen molar-refractivity contribution in [1.82, 2.24) is 15.1 Å². The van der Waals surface area contributed by atoms with Crippen LogP contribution in [0.5, 0.6) is 17.2 Å². The maximum Gasteiger partial charge on any atom is 0.273 e. The molecule has 0 fully saturated rings. The summed E-state index contributed by atoms with van der Waals surface area (Å²) < 4.78 is 5.25. The van der Waals surface area contributed by atoms with Crippen LogP contribution in [0.3, 0.4) is 0 Å². The normalized spacial score (nSPS) is 15.5. The molecule has 0 bridgehead atoms. The maximum atomic E-state index is 13.1. The summed E-state index contributed by atoms with van der Waals surface area (Å²) in [5.74, 6) is 0.120. The standard InChI is InChI=1S/C22H23N3O5/c1-12-4-6-15(27)14(10-12)19-18-20(24-23-19)22(29)25(8-3-9-26)21(18)13-5-7-16(28)17(11-13)30-2/h4-7,10-11,21,26-28H,3,8-9H2,1-2H3,(H,23,24)/t21-/m1/s1. The number of methoxy groups -OCH3 is 1. The number of phenols is 2. The molecule has 30 heavy (non-hydrogen) atoms. The van der Waals surface area contributed by atoms with Crippen molar-refractivity contribution in [2.24, 2.45) is 0 Å². The van der Waals surface area contributed by atoms with Crippen LogP contribution in [0, 0.1) is 6.92 Å². The molecule has 156 valence electrons. The molecule has 0 radical (unpaired) electrons. The number of hydrogen-bond donors (Lipinski definition) is 4. The summed E-state index contributed by atoms with van der Waals surface area (Å²) in [5, 5.41) is 36.9. The number of nitrogens with one attached hydrogen (secondary N) is 1. The van der Waals surface area contributed by atoms with E-state index in [-0.39, 0.29) is 24.0 Å². The van der Waals surface area contributed by atoms with Gasteiger partial charge in [-0.1, -0.05) is 17.7 Å². The Morgan fingerprint density at radius 3 is 2.67 bits per heavy atom. The van der Waals surface area contributed by atoms with E-state index < -0.39 is 6.04 Å². The minimum Gasteiger partial charge on any atom is -0.507 e. The monoisotopic (exact) mass is 409 g/mol. The van der Waals surface area contributed by atoms with Gasteiger partial charge in [0.15, 0.2) is 11.5 Å². The van der Waals surface area contributed by atoms with Crippen molar-refractivity contribution in [3.05, 3.63) is 58.8 Å². The number of aromatic hydroxyl groups is 2. The van der Waals surface area contributed by atoms with Crippen molar-refractivity contribution in [1.29, 1.82) is 0 Å². The lowest BCUT2D eigenvalue weighted by Gasteiger charge is -2.26. The second-order valence-corrected chi connectivity index (χ2v) is 7.29. The second kappa shape index (κ2) is 7.72. The molecule has 0 spiro atoms. The Kier molecular flexibility index (Phi) is 5.09. The van der Waals surface area contributed by atoms with Crippen molar-refractivity contribution in [2.45, 2.75) is 19.4 Å². The molecule has 1 amide bonds. The number of H-pyrrole nitrogens is 1. The highest BCUT2D eigenvalue weighted by Gasteiger charge is 2.42. The van der Waals surface area contributed by atoms with Crippen LogP contribution in [0.2, 0.25) is 0 Å². The van der Waals surface area contributed by atoms with Crippen LogP contribution >= 0.6 is 0 Å². The molecule has 1 aromatic heterocycles.